The fraction of sp³-hybridized carbons (Fsp3) is 0.500. The predicted molar refractivity (Wildman–Crippen MR) is 80.1 cm³/mol. The molecule has 112 valence electrons. The molecule has 2 N–H and O–H groups in total. The molecule has 0 radical (unpaired) electrons. The van der Waals surface area contributed by atoms with Crippen LogP contribution in [0, 0.1) is 0 Å². The Morgan fingerprint density at radius 1 is 1.30 bits per heavy atom. The maximum atomic E-state index is 13.1. The topological polar surface area (TPSA) is 29.3 Å². The Balaban J connectivity index is 3.29. The van der Waals surface area contributed by atoms with E-state index in [0.29, 0.717) is 5.69 Å². The van der Waals surface area contributed by atoms with Crippen molar-refractivity contribution >= 4 is 22.9 Å². The third kappa shape index (κ3) is 3.62. The molecule has 0 saturated heterocycles. The number of rotatable bonds is 5. The number of benzene rings is 1. The first kappa shape index (κ1) is 16.8. The molecule has 0 bridgehead atoms. The Bertz CT molecular complexity index is 482. The Labute approximate surface area is 122 Å². The van der Waals surface area contributed by atoms with E-state index in [0.717, 1.165) is 18.9 Å². The summed E-state index contributed by atoms with van der Waals surface area (Å²) < 4.78 is 39.2. The molecule has 0 spiro atoms. The standard InChI is InChI=1S/C14H19F3N2S/c1-4-9(5-2)19(3)10-6-7-11(13(18)20)12(8-10)14(15,16)17/h6-9H,4-5H2,1-3H3,(H2,18,20). The molecule has 6 heteroatoms. The highest BCUT2D eigenvalue weighted by Crippen LogP contribution is 2.35. The zero-order valence-corrected chi connectivity index (χ0v) is 12.6. The van der Waals surface area contributed by atoms with Gasteiger partial charge in [0.15, 0.2) is 0 Å². The second-order valence-electron chi connectivity index (χ2n) is 4.67. The number of halogens is 3. The number of anilines is 1. The van der Waals surface area contributed by atoms with Gasteiger partial charge in [-0.1, -0.05) is 26.1 Å². The molecule has 0 heterocycles. The lowest BCUT2D eigenvalue weighted by Gasteiger charge is -2.29. The first-order valence-electron chi connectivity index (χ1n) is 6.46. The van der Waals surface area contributed by atoms with Crippen molar-refractivity contribution in [3.8, 4) is 0 Å². The van der Waals surface area contributed by atoms with Gasteiger partial charge < -0.3 is 10.6 Å². The molecule has 1 aromatic rings. The molecule has 1 aromatic carbocycles. The molecule has 1 rings (SSSR count). The first-order chi connectivity index (χ1) is 9.22. The van der Waals surface area contributed by atoms with Crippen LogP contribution in [0.3, 0.4) is 0 Å². The second-order valence-corrected chi connectivity index (χ2v) is 5.11. The van der Waals surface area contributed by atoms with Crippen LogP contribution in [0.15, 0.2) is 18.2 Å². The summed E-state index contributed by atoms with van der Waals surface area (Å²) in [5.74, 6) is 0. The summed E-state index contributed by atoms with van der Waals surface area (Å²) >= 11 is 4.69. The van der Waals surface area contributed by atoms with Crippen molar-refractivity contribution in [1.29, 1.82) is 0 Å². The van der Waals surface area contributed by atoms with E-state index in [1.54, 1.807) is 13.1 Å². The summed E-state index contributed by atoms with van der Waals surface area (Å²) in [7, 11) is 1.80. The van der Waals surface area contributed by atoms with Crippen LogP contribution >= 0.6 is 12.2 Å². The van der Waals surface area contributed by atoms with Gasteiger partial charge in [-0.3, -0.25) is 0 Å². The van der Waals surface area contributed by atoms with Gasteiger partial charge in [0, 0.05) is 24.3 Å². The van der Waals surface area contributed by atoms with E-state index in [2.05, 4.69) is 12.2 Å². The van der Waals surface area contributed by atoms with E-state index in [1.807, 2.05) is 18.7 Å². The first-order valence-corrected chi connectivity index (χ1v) is 6.87. The molecule has 0 aromatic heterocycles. The fourth-order valence-electron chi connectivity index (χ4n) is 2.25. The van der Waals surface area contributed by atoms with Crippen LogP contribution in [0.25, 0.3) is 0 Å². The molecule has 0 aliphatic heterocycles. The monoisotopic (exact) mass is 304 g/mol. The van der Waals surface area contributed by atoms with E-state index >= 15 is 0 Å². The van der Waals surface area contributed by atoms with Gasteiger partial charge in [0.05, 0.1) is 5.56 Å². The van der Waals surface area contributed by atoms with Crippen LogP contribution in [-0.4, -0.2) is 18.1 Å². The molecule has 0 amide bonds. The van der Waals surface area contributed by atoms with Crippen molar-refractivity contribution in [1.82, 2.24) is 0 Å². The number of alkyl halides is 3. The summed E-state index contributed by atoms with van der Waals surface area (Å²) in [6.07, 6.45) is -2.74. The molecule has 0 unspecified atom stereocenters. The van der Waals surface area contributed by atoms with Gasteiger partial charge in [0.1, 0.15) is 4.99 Å². The van der Waals surface area contributed by atoms with Crippen molar-refractivity contribution in [3.05, 3.63) is 29.3 Å². The van der Waals surface area contributed by atoms with Gasteiger partial charge in [-0.05, 0) is 31.0 Å². The summed E-state index contributed by atoms with van der Waals surface area (Å²) in [5, 5.41) is 0. The van der Waals surface area contributed by atoms with Gasteiger partial charge in [-0.2, -0.15) is 13.2 Å². The summed E-state index contributed by atoms with van der Waals surface area (Å²) in [4.78, 5) is 1.62. The summed E-state index contributed by atoms with van der Waals surface area (Å²) in [5.41, 5.74) is 4.98. The van der Waals surface area contributed by atoms with Crippen LogP contribution in [0.1, 0.15) is 37.8 Å². The highest BCUT2D eigenvalue weighted by molar-refractivity contribution is 7.80. The quantitative estimate of drug-likeness (QED) is 0.835. The largest absolute Gasteiger partial charge is 0.417 e. The smallest absolute Gasteiger partial charge is 0.389 e. The zero-order valence-electron chi connectivity index (χ0n) is 11.8. The Morgan fingerprint density at radius 2 is 1.85 bits per heavy atom. The minimum Gasteiger partial charge on any atom is -0.389 e. The summed E-state index contributed by atoms with van der Waals surface area (Å²) in [6, 6.07) is 4.29. The second kappa shape index (κ2) is 6.43. The molecule has 20 heavy (non-hydrogen) atoms. The van der Waals surface area contributed by atoms with E-state index in [1.165, 1.54) is 6.07 Å². The molecule has 2 nitrogen and oxygen atoms in total. The Morgan fingerprint density at radius 3 is 2.25 bits per heavy atom. The minimum atomic E-state index is -4.47. The van der Waals surface area contributed by atoms with E-state index < -0.39 is 11.7 Å². The van der Waals surface area contributed by atoms with Crippen LogP contribution in [-0.2, 0) is 6.18 Å². The van der Waals surface area contributed by atoms with Gasteiger partial charge in [0.2, 0.25) is 0 Å². The van der Waals surface area contributed by atoms with Crippen molar-refractivity contribution in [2.24, 2.45) is 5.73 Å². The average molecular weight is 304 g/mol. The van der Waals surface area contributed by atoms with E-state index in [4.69, 9.17) is 5.73 Å². The van der Waals surface area contributed by atoms with Gasteiger partial charge in [-0.15, -0.1) is 0 Å². The zero-order chi connectivity index (χ0) is 15.5. The third-order valence-electron chi connectivity index (χ3n) is 3.47. The van der Waals surface area contributed by atoms with Crippen molar-refractivity contribution in [3.63, 3.8) is 0 Å². The summed E-state index contributed by atoms with van der Waals surface area (Å²) in [6.45, 7) is 4.03. The normalized spacial score (nSPS) is 11.8. The van der Waals surface area contributed by atoms with Crippen molar-refractivity contribution in [2.45, 2.75) is 38.9 Å². The average Bonchev–Trinajstić information content (AvgIpc) is 2.38. The lowest BCUT2D eigenvalue weighted by molar-refractivity contribution is -0.137. The highest BCUT2D eigenvalue weighted by atomic mass is 32.1. The van der Waals surface area contributed by atoms with Crippen molar-refractivity contribution < 1.29 is 13.2 Å². The number of thiocarbonyl (C=S) groups is 1. The molecule has 0 atom stereocenters. The molecule has 0 saturated carbocycles. The lowest BCUT2D eigenvalue weighted by atomic mass is 10.0. The Kier molecular flexibility index (Phi) is 5.39. The van der Waals surface area contributed by atoms with Gasteiger partial charge in [-0.25, -0.2) is 0 Å². The third-order valence-corrected chi connectivity index (χ3v) is 3.69. The SMILES string of the molecule is CCC(CC)N(C)c1ccc(C(N)=S)c(C(F)(F)F)c1. The van der Waals surface area contributed by atoms with Crippen LogP contribution in [0.2, 0.25) is 0 Å². The number of nitrogens with zero attached hydrogens (tertiary/aromatic N) is 1. The van der Waals surface area contributed by atoms with Crippen molar-refractivity contribution in [2.75, 3.05) is 11.9 Å². The number of nitrogens with two attached hydrogens (primary N) is 1. The van der Waals surface area contributed by atoms with Crippen LogP contribution in [0.4, 0.5) is 18.9 Å². The number of hydrogen-bond acceptors (Lipinski definition) is 2. The fourth-order valence-corrected chi connectivity index (χ4v) is 2.43. The lowest BCUT2D eigenvalue weighted by Crippen LogP contribution is -2.31. The predicted octanol–water partition coefficient (Wildman–Crippen LogP) is 3.96. The molecular formula is C14H19F3N2S. The molecular weight excluding hydrogens is 285 g/mol. The maximum absolute atomic E-state index is 13.1. The Hall–Kier alpha value is -1.30. The van der Waals surface area contributed by atoms with Gasteiger partial charge in [0.25, 0.3) is 0 Å². The maximum Gasteiger partial charge on any atom is 0.417 e. The molecule has 0 aliphatic rings. The van der Waals surface area contributed by atoms with Crippen LogP contribution in [0.5, 0.6) is 0 Å². The van der Waals surface area contributed by atoms with Gasteiger partial charge >= 0.3 is 6.18 Å². The van der Waals surface area contributed by atoms with E-state index in [9.17, 15) is 13.2 Å². The number of hydrogen-bond donors (Lipinski definition) is 1. The highest BCUT2D eigenvalue weighted by Gasteiger charge is 2.34. The van der Waals surface area contributed by atoms with E-state index in [-0.39, 0.29) is 16.6 Å². The minimum absolute atomic E-state index is 0.130. The molecule has 0 aliphatic carbocycles. The van der Waals surface area contributed by atoms with Crippen LogP contribution < -0.4 is 10.6 Å². The molecule has 0 fully saturated rings.